The van der Waals surface area contributed by atoms with Gasteiger partial charge in [-0.15, -0.1) is 0 Å². The van der Waals surface area contributed by atoms with Gasteiger partial charge in [0.2, 0.25) is 0 Å². The highest BCUT2D eigenvalue weighted by atomic mass is 32.2. The van der Waals surface area contributed by atoms with Crippen LogP contribution in [0.15, 0.2) is 54.6 Å². The monoisotopic (exact) mass is 359 g/mol. The van der Waals surface area contributed by atoms with Gasteiger partial charge >= 0.3 is 0 Å². The number of hydrogen-bond donors (Lipinski definition) is 0. The van der Waals surface area contributed by atoms with E-state index in [1.165, 1.54) is 0 Å². The number of amides is 1. The average molecular weight is 359 g/mol. The lowest BCUT2D eigenvalue weighted by molar-refractivity contribution is 0.0708. The summed E-state index contributed by atoms with van der Waals surface area (Å²) in [5, 5.41) is 0. The molecule has 5 nitrogen and oxygen atoms in total. The highest BCUT2D eigenvalue weighted by Crippen LogP contribution is 2.24. The van der Waals surface area contributed by atoms with Crippen molar-refractivity contribution in [2.75, 3.05) is 18.1 Å². The minimum absolute atomic E-state index is 0.0484. The molecule has 6 heteroatoms. The van der Waals surface area contributed by atoms with Gasteiger partial charge in [0.25, 0.3) is 5.91 Å². The van der Waals surface area contributed by atoms with Crippen molar-refractivity contribution in [3.63, 3.8) is 0 Å². The number of hydrogen-bond acceptors (Lipinski definition) is 4. The Kier molecular flexibility index (Phi) is 5.08. The summed E-state index contributed by atoms with van der Waals surface area (Å²) >= 11 is 0. The zero-order valence-corrected chi connectivity index (χ0v) is 14.9. The number of nitrogens with zero attached hydrogens (tertiary/aromatic N) is 1. The summed E-state index contributed by atoms with van der Waals surface area (Å²) in [7, 11) is -3.03. The molecule has 1 aliphatic heterocycles. The van der Waals surface area contributed by atoms with E-state index in [-0.39, 0.29) is 23.5 Å². The van der Waals surface area contributed by atoms with Gasteiger partial charge < -0.3 is 9.64 Å². The van der Waals surface area contributed by atoms with Crippen LogP contribution in [0.4, 0.5) is 0 Å². The van der Waals surface area contributed by atoms with E-state index in [1.54, 1.807) is 29.2 Å². The molecule has 0 aromatic heterocycles. The third kappa shape index (κ3) is 4.20. The first kappa shape index (κ1) is 17.5. The van der Waals surface area contributed by atoms with Crippen LogP contribution in [0.25, 0.3) is 0 Å². The van der Waals surface area contributed by atoms with Crippen LogP contribution in [0, 0.1) is 0 Å². The van der Waals surface area contributed by atoms with Gasteiger partial charge in [0, 0.05) is 18.2 Å². The van der Waals surface area contributed by atoms with Crippen LogP contribution in [-0.2, 0) is 9.84 Å². The predicted octanol–water partition coefficient (Wildman–Crippen LogP) is 3.13. The molecule has 2 aromatic carbocycles. The molecular formula is C19H21NO4S. The van der Waals surface area contributed by atoms with Crippen molar-refractivity contribution in [1.29, 1.82) is 0 Å². The molecule has 132 valence electrons. The molecule has 1 saturated heterocycles. The van der Waals surface area contributed by atoms with Gasteiger partial charge in [0.05, 0.1) is 11.5 Å². The summed E-state index contributed by atoms with van der Waals surface area (Å²) in [5.41, 5.74) is 0.500. The molecule has 0 saturated carbocycles. The maximum Gasteiger partial charge on any atom is 0.254 e. The highest BCUT2D eigenvalue weighted by Gasteiger charge is 2.34. The van der Waals surface area contributed by atoms with E-state index >= 15 is 0 Å². The van der Waals surface area contributed by atoms with E-state index in [2.05, 4.69) is 0 Å². The van der Waals surface area contributed by atoms with Crippen molar-refractivity contribution in [3.8, 4) is 11.5 Å². The average Bonchev–Trinajstić information content (AvgIpc) is 2.96. The predicted molar refractivity (Wildman–Crippen MR) is 96.7 cm³/mol. The van der Waals surface area contributed by atoms with Gasteiger partial charge in [-0.2, -0.15) is 0 Å². The Morgan fingerprint density at radius 2 is 1.84 bits per heavy atom. The second-order valence-corrected chi connectivity index (χ2v) is 8.32. The van der Waals surface area contributed by atoms with Gasteiger partial charge in [-0.3, -0.25) is 4.79 Å². The lowest BCUT2D eigenvalue weighted by Crippen LogP contribution is -2.40. The summed E-state index contributed by atoms with van der Waals surface area (Å²) in [6.45, 7) is 2.34. The number of para-hydroxylation sites is 1. The second kappa shape index (κ2) is 7.27. The molecule has 0 N–H and O–H groups in total. The minimum Gasteiger partial charge on any atom is -0.457 e. The maximum absolute atomic E-state index is 12.9. The number of carbonyl (C=O) groups is 1. The van der Waals surface area contributed by atoms with Crippen LogP contribution in [-0.4, -0.2) is 43.3 Å². The minimum atomic E-state index is -3.03. The number of rotatable bonds is 5. The van der Waals surface area contributed by atoms with Gasteiger partial charge in [0.1, 0.15) is 11.5 Å². The summed E-state index contributed by atoms with van der Waals surface area (Å²) in [5.74, 6) is 1.31. The SMILES string of the molecule is CCN(C(=O)c1cccc(Oc2ccccc2)c1)C1CCS(=O)(=O)C1. The fraction of sp³-hybridized carbons (Fsp3) is 0.316. The van der Waals surface area contributed by atoms with E-state index in [1.807, 2.05) is 37.3 Å². The largest absolute Gasteiger partial charge is 0.457 e. The Hall–Kier alpha value is -2.34. The first-order chi connectivity index (χ1) is 12.0. The molecular weight excluding hydrogens is 338 g/mol. The first-order valence-electron chi connectivity index (χ1n) is 8.33. The Balaban J connectivity index is 1.78. The van der Waals surface area contributed by atoms with E-state index in [9.17, 15) is 13.2 Å². The zero-order chi connectivity index (χ0) is 17.9. The first-order valence-corrected chi connectivity index (χ1v) is 10.1. The van der Waals surface area contributed by atoms with Crippen molar-refractivity contribution in [2.24, 2.45) is 0 Å². The molecule has 1 unspecified atom stereocenters. The van der Waals surface area contributed by atoms with E-state index in [4.69, 9.17) is 4.74 Å². The van der Waals surface area contributed by atoms with Gasteiger partial charge in [-0.1, -0.05) is 24.3 Å². The summed E-state index contributed by atoms with van der Waals surface area (Å²) in [6.07, 6.45) is 0.502. The van der Waals surface area contributed by atoms with E-state index in [0.717, 1.165) is 0 Å². The molecule has 3 rings (SSSR count). The Morgan fingerprint density at radius 3 is 2.48 bits per heavy atom. The molecule has 1 amide bonds. The van der Waals surface area contributed by atoms with Crippen LogP contribution in [0.2, 0.25) is 0 Å². The number of benzene rings is 2. The van der Waals surface area contributed by atoms with Crippen molar-refractivity contribution in [3.05, 3.63) is 60.2 Å². The highest BCUT2D eigenvalue weighted by molar-refractivity contribution is 7.91. The normalized spacial score (nSPS) is 18.7. The Bertz CT molecular complexity index is 849. The molecule has 25 heavy (non-hydrogen) atoms. The van der Waals surface area contributed by atoms with Crippen molar-refractivity contribution >= 4 is 15.7 Å². The maximum atomic E-state index is 12.9. The number of sulfone groups is 1. The smallest absolute Gasteiger partial charge is 0.254 e. The van der Waals surface area contributed by atoms with E-state index < -0.39 is 9.84 Å². The fourth-order valence-corrected chi connectivity index (χ4v) is 4.80. The van der Waals surface area contributed by atoms with Crippen LogP contribution in [0.5, 0.6) is 11.5 Å². The summed E-state index contributed by atoms with van der Waals surface area (Å²) in [4.78, 5) is 14.5. The number of ether oxygens (including phenoxy) is 1. The van der Waals surface area contributed by atoms with Gasteiger partial charge in [-0.05, 0) is 43.7 Å². The van der Waals surface area contributed by atoms with Crippen LogP contribution in [0.1, 0.15) is 23.7 Å². The molecule has 0 radical (unpaired) electrons. The summed E-state index contributed by atoms with van der Waals surface area (Å²) in [6, 6.07) is 16.1. The lowest BCUT2D eigenvalue weighted by Gasteiger charge is -2.27. The molecule has 1 heterocycles. The molecule has 0 spiro atoms. The summed E-state index contributed by atoms with van der Waals surface area (Å²) < 4.78 is 29.2. The molecule has 1 aliphatic rings. The van der Waals surface area contributed by atoms with Crippen LogP contribution >= 0.6 is 0 Å². The van der Waals surface area contributed by atoms with Crippen molar-refractivity contribution in [1.82, 2.24) is 4.90 Å². The molecule has 1 atom stereocenters. The van der Waals surface area contributed by atoms with Crippen LogP contribution in [0.3, 0.4) is 0 Å². The number of carbonyl (C=O) groups excluding carboxylic acids is 1. The van der Waals surface area contributed by atoms with Crippen molar-refractivity contribution < 1.29 is 17.9 Å². The standard InChI is InChI=1S/C19H21NO4S/c1-2-20(16-11-12-25(22,23)14-16)19(21)15-7-6-10-18(13-15)24-17-8-4-3-5-9-17/h3-10,13,16H,2,11-12,14H2,1H3. The lowest BCUT2D eigenvalue weighted by atomic mass is 10.1. The molecule has 0 aliphatic carbocycles. The zero-order valence-electron chi connectivity index (χ0n) is 14.1. The second-order valence-electron chi connectivity index (χ2n) is 6.09. The molecule has 0 bridgehead atoms. The van der Waals surface area contributed by atoms with Crippen molar-refractivity contribution in [2.45, 2.75) is 19.4 Å². The fourth-order valence-electron chi connectivity index (χ4n) is 3.07. The Morgan fingerprint density at radius 1 is 1.12 bits per heavy atom. The van der Waals surface area contributed by atoms with Gasteiger partial charge in [-0.25, -0.2) is 8.42 Å². The topological polar surface area (TPSA) is 63.7 Å². The third-order valence-electron chi connectivity index (χ3n) is 4.31. The van der Waals surface area contributed by atoms with Gasteiger partial charge in [0.15, 0.2) is 9.84 Å². The molecule has 1 fully saturated rings. The molecule has 2 aromatic rings. The Labute approximate surface area is 148 Å². The van der Waals surface area contributed by atoms with Crippen LogP contribution < -0.4 is 4.74 Å². The third-order valence-corrected chi connectivity index (χ3v) is 6.06. The van der Waals surface area contributed by atoms with E-state index in [0.29, 0.717) is 30.0 Å². The quantitative estimate of drug-likeness (QED) is 0.823.